The molecule has 1 fully saturated rings. The molecule has 1 aliphatic rings. The van der Waals surface area contributed by atoms with Gasteiger partial charge in [0, 0.05) is 12.2 Å². The third kappa shape index (κ3) is 6.51. The van der Waals surface area contributed by atoms with Crippen LogP contribution in [0.1, 0.15) is 87.6 Å². The van der Waals surface area contributed by atoms with Crippen molar-refractivity contribution < 1.29 is 22.7 Å². The number of alkyl halides is 3. The number of rotatable bonds is 12. The van der Waals surface area contributed by atoms with Crippen LogP contribution >= 0.6 is 0 Å². The number of aryl methyl sites for hydroxylation is 2. The summed E-state index contributed by atoms with van der Waals surface area (Å²) in [6.07, 6.45) is 1.75. The number of nitrogens with zero attached hydrogens (tertiary/aromatic N) is 1. The molecule has 1 saturated heterocycles. The maximum Gasteiger partial charge on any atom is 0.421 e. The molecule has 2 aromatic carbocycles. The fourth-order valence-corrected chi connectivity index (χ4v) is 5.45. The Morgan fingerprint density at radius 2 is 1.49 bits per heavy atom. The largest absolute Gasteiger partial charge is 0.421 e. The molecule has 0 aliphatic carbocycles. The van der Waals surface area contributed by atoms with E-state index in [4.69, 9.17) is 0 Å². The molecular weight excluding hydrogens is 504 g/mol. The number of halogens is 4. The zero-order chi connectivity index (χ0) is 29.0. The Balaban J connectivity index is 1.68. The van der Waals surface area contributed by atoms with E-state index in [2.05, 4.69) is 23.4 Å². The third-order valence-electron chi connectivity index (χ3n) is 7.94. The Bertz CT molecular complexity index is 1140. The lowest BCUT2D eigenvalue weighted by molar-refractivity contribution is -0.258. The second-order valence-corrected chi connectivity index (χ2v) is 11.0. The van der Waals surface area contributed by atoms with E-state index in [1.165, 1.54) is 12.1 Å². The van der Waals surface area contributed by atoms with Crippen molar-refractivity contribution in [2.75, 3.05) is 6.54 Å². The molecule has 0 amide bonds. The molecule has 0 spiro atoms. The predicted molar refractivity (Wildman–Crippen MR) is 149 cm³/mol. The van der Waals surface area contributed by atoms with Crippen LogP contribution < -0.4 is 5.32 Å². The average Bonchev–Trinajstić information content (AvgIpc) is 3.08. The Labute approximate surface area is 230 Å². The monoisotopic (exact) mass is 546 g/mol. The number of aliphatic hydroxyl groups is 1. The van der Waals surface area contributed by atoms with Gasteiger partial charge in [-0.2, -0.15) is 13.2 Å². The van der Waals surface area contributed by atoms with E-state index in [1.54, 1.807) is 24.3 Å². The van der Waals surface area contributed by atoms with E-state index in [0.717, 1.165) is 85.8 Å². The molecular formula is C32H42F4N2O. The SMILES string of the molecule is C=C1NC(C)(c2ccc(F)cc2)C(=C)N1CCCCCc1c(CCC)cc(C(C)(O)C(F)(F)F)cc1CCC. The molecule has 3 rings (SSSR count). The molecule has 1 aliphatic heterocycles. The second-order valence-electron chi connectivity index (χ2n) is 11.0. The first-order valence-corrected chi connectivity index (χ1v) is 13.9. The van der Waals surface area contributed by atoms with Gasteiger partial charge in [0.1, 0.15) is 11.4 Å². The minimum atomic E-state index is -4.74. The van der Waals surface area contributed by atoms with Gasteiger partial charge in [0.15, 0.2) is 5.60 Å². The van der Waals surface area contributed by atoms with Gasteiger partial charge in [-0.1, -0.05) is 70.5 Å². The van der Waals surface area contributed by atoms with Gasteiger partial charge in [-0.3, -0.25) is 0 Å². The van der Waals surface area contributed by atoms with Crippen LogP contribution in [-0.2, 0) is 30.4 Å². The Hall–Kier alpha value is -2.80. The zero-order valence-electron chi connectivity index (χ0n) is 23.6. The molecule has 2 N–H and O–H groups in total. The Morgan fingerprint density at radius 1 is 0.923 bits per heavy atom. The summed E-state index contributed by atoms with van der Waals surface area (Å²) in [5.74, 6) is 0.473. The molecule has 214 valence electrons. The van der Waals surface area contributed by atoms with Crippen molar-refractivity contribution >= 4 is 0 Å². The first-order valence-electron chi connectivity index (χ1n) is 13.9. The highest BCUT2D eigenvalue weighted by molar-refractivity contribution is 5.43. The molecule has 39 heavy (non-hydrogen) atoms. The van der Waals surface area contributed by atoms with Crippen LogP contribution in [0.4, 0.5) is 17.6 Å². The van der Waals surface area contributed by atoms with Crippen molar-refractivity contribution in [2.45, 2.75) is 96.4 Å². The number of nitrogens with one attached hydrogen (secondary N) is 1. The van der Waals surface area contributed by atoms with E-state index in [0.29, 0.717) is 12.8 Å². The van der Waals surface area contributed by atoms with Gasteiger partial charge in [-0.15, -0.1) is 0 Å². The highest BCUT2D eigenvalue weighted by Crippen LogP contribution is 2.41. The first kappa shape index (κ1) is 30.7. The molecule has 2 aromatic rings. The third-order valence-corrected chi connectivity index (χ3v) is 7.94. The maximum atomic E-state index is 13.6. The normalized spacial score (nSPS) is 19.4. The molecule has 2 unspecified atom stereocenters. The summed E-state index contributed by atoms with van der Waals surface area (Å²) in [6.45, 7) is 16.1. The van der Waals surface area contributed by atoms with Crippen LogP contribution in [0.25, 0.3) is 0 Å². The van der Waals surface area contributed by atoms with Crippen LogP contribution in [0.2, 0.25) is 0 Å². The van der Waals surface area contributed by atoms with E-state index in [-0.39, 0.29) is 11.4 Å². The molecule has 0 saturated carbocycles. The van der Waals surface area contributed by atoms with Crippen LogP contribution in [0.5, 0.6) is 0 Å². The van der Waals surface area contributed by atoms with Gasteiger partial charge in [0.25, 0.3) is 0 Å². The molecule has 0 bridgehead atoms. The summed E-state index contributed by atoms with van der Waals surface area (Å²) >= 11 is 0. The van der Waals surface area contributed by atoms with E-state index in [9.17, 15) is 22.7 Å². The molecule has 7 heteroatoms. The van der Waals surface area contributed by atoms with Gasteiger partial charge >= 0.3 is 6.18 Å². The summed E-state index contributed by atoms with van der Waals surface area (Å²) in [4.78, 5) is 2.07. The molecule has 0 aromatic heterocycles. The fraction of sp³-hybridized carbons (Fsp3) is 0.500. The summed E-state index contributed by atoms with van der Waals surface area (Å²) in [6, 6.07) is 9.52. The first-order chi connectivity index (χ1) is 18.3. The highest BCUT2D eigenvalue weighted by atomic mass is 19.4. The standard InChI is InChI=1S/C32H42F4N2O/c1-7-12-24-20-27(31(6,39)32(34,35)36)21-25(13-8-2)29(24)14-10-9-11-19-38-22(3)30(5,37-23(38)4)26-15-17-28(33)18-16-26/h15-18,20-21,37,39H,3-4,7-14,19H2,1-2,5-6H3. The van der Waals surface area contributed by atoms with Crippen LogP contribution in [-0.4, -0.2) is 22.7 Å². The van der Waals surface area contributed by atoms with Gasteiger partial charge in [0.2, 0.25) is 0 Å². The lowest BCUT2D eigenvalue weighted by Crippen LogP contribution is -2.39. The van der Waals surface area contributed by atoms with Crippen molar-refractivity contribution in [1.82, 2.24) is 10.2 Å². The van der Waals surface area contributed by atoms with Crippen molar-refractivity contribution in [1.29, 1.82) is 0 Å². The highest BCUT2D eigenvalue weighted by Gasteiger charge is 2.51. The second kappa shape index (κ2) is 12.2. The van der Waals surface area contributed by atoms with E-state index < -0.39 is 17.3 Å². The minimum absolute atomic E-state index is 0.0755. The zero-order valence-corrected chi connectivity index (χ0v) is 23.6. The van der Waals surface area contributed by atoms with Gasteiger partial charge < -0.3 is 15.3 Å². The van der Waals surface area contributed by atoms with Crippen LogP contribution in [0.15, 0.2) is 61.1 Å². The number of unbranched alkanes of at least 4 members (excludes halogenated alkanes) is 2. The van der Waals surface area contributed by atoms with Gasteiger partial charge in [-0.05, 0) is 85.9 Å². The maximum absolute atomic E-state index is 13.6. The van der Waals surface area contributed by atoms with E-state index >= 15 is 0 Å². The number of hydrogen-bond donors (Lipinski definition) is 2. The summed E-state index contributed by atoms with van der Waals surface area (Å²) < 4.78 is 54.2. The predicted octanol–water partition coefficient (Wildman–Crippen LogP) is 8.02. The number of benzene rings is 2. The quantitative estimate of drug-likeness (QED) is 0.209. The topological polar surface area (TPSA) is 35.5 Å². The lowest BCUT2D eigenvalue weighted by Gasteiger charge is -2.29. The Morgan fingerprint density at radius 3 is 2.00 bits per heavy atom. The van der Waals surface area contributed by atoms with Crippen LogP contribution in [0.3, 0.4) is 0 Å². The average molecular weight is 547 g/mol. The van der Waals surface area contributed by atoms with Crippen molar-refractivity contribution in [3.63, 3.8) is 0 Å². The van der Waals surface area contributed by atoms with Crippen molar-refractivity contribution in [2.24, 2.45) is 0 Å². The Kier molecular flexibility index (Phi) is 9.58. The molecule has 1 heterocycles. The summed E-state index contributed by atoms with van der Waals surface area (Å²) in [5.41, 5.74) is 1.20. The van der Waals surface area contributed by atoms with Crippen LogP contribution in [0, 0.1) is 5.82 Å². The summed E-state index contributed by atoms with van der Waals surface area (Å²) in [5, 5.41) is 13.8. The molecule has 0 radical (unpaired) electrons. The fourth-order valence-electron chi connectivity index (χ4n) is 5.45. The van der Waals surface area contributed by atoms with E-state index in [1.807, 2.05) is 20.8 Å². The van der Waals surface area contributed by atoms with Gasteiger partial charge in [0.05, 0.1) is 5.82 Å². The van der Waals surface area contributed by atoms with Crippen molar-refractivity contribution in [3.05, 3.63) is 94.7 Å². The van der Waals surface area contributed by atoms with Crippen molar-refractivity contribution in [3.8, 4) is 0 Å². The minimum Gasteiger partial charge on any atom is -0.376 e. The smallest absolute Gasteiger partial charge is 0.376 e. The lowest BCUT2D eigenvalue weighted by atomic mass is 9.84. The van der Waals surface area contributed by atoms with Gasteiger partial charge in [-0.25, -0.2) is 4.39 Å². The molecule has 3 nitrogen and oxygen atoms in total. The molecule has 2 atom stereocenters. The number of hydrogen-bond acceptors (Lipinski definition) is 3. The summed E-state index contributed by atoms with van der Waals surface area (Å²) in [7, 11) is 0.